The lowest BCUT2D eigenvalue weighted by Gasteiger charge is -2.23. The number of amides is 1. The zero-order valence-electron chi connectivity index (χ0n) is 63.4. The smallest absolute Gasteiger partial charge is 0.333 e. The van der Waals surface area contributed by atoms with E-state index in [1.807, 2.05) is 96.1 Å². The molecule has 4 heterocycles. The fraction of sp³-hybridized carbons (Fsp3) is 0.268. The highest BCUT2D eigenvalue weighted by molar-refractivity contribution is 6.31. The van der Waals surface area contributed by atoms with E-state index >= 15 is 0 Å². The Morgan fingerprint density at radius 3 is 1.33 bits per heavy atom. The van der Waals surface area contributed by atoms with Crippen molar-refractivity contribution in [1.82, 2.24) is 60.0 Å². The van der Waals surface area contributed by atoms with Gasteiger partial charge in [0.15, 0.2) is 0 Å². The van der Waals surface area contributed by atoms with Crippen LogP contribution in [0.15, 0.2) is 188 Å². The summed E-state index contributed by atoms with van der Waals surface area (Å²) >= 11 is 6.06. The number of rotatable bonds is 23. The molecule has 0 aliphatic rings. The molecule has 4 aromatic heterocycles. The van der Waals surface area contributed by atoms with E-state index in [1.54, 1.807) is 121 Å². The molecule has 0 spiro atoms. The summed E-state index contributed by atoms with van der Waals surface area (Å²) < 4.78 is 31.7. The van der Waals surface area contributed by atoms with E-state index in [0.29, 0.717) is 151 Å². The lowest BCUT2D eigenvalue weighted by molar-refractivity contribution is -0.140. The quantitative estimate of drug-likeness (QED) is 0.0131. The number of nitrogens with zero attached hydrogens (tertiary/aromatic N) is 12. The Balaban J connectivity index is 0.000000170. The van der Waals surface area contributed by atoms with Crippen molar-refractivity contribution >= 4 is 85.2 Å². The molecule has 0 aliphatic heterocycles. The Morgan fingerprint density at radius 2 is 0.836 bits per heavy atom. The van der Waals surface area contributed by atoms with E-state index in [2.05, 4.69) is 72.4 Å². The first-order chi connectivity index (χ1) is 52.2. The van der Waals surface area contributed by atoms with Crippen molar-refractivity contribution in [3.8, 4) is 63.0 Å². The van der Waals surface area contributed by atoms with Crippen LogP contribution in [-0.2, 0) is 57.1 Å². The monoisotopic (exact) mass is 1510 g/mol. The summed E-state index contributed by atoms with van der Waals surface area (Å²) in [5, 5.41) is 80.9. The second-order valence-corrected chi connectivity index (χ2v) is 28.1. The number of aromatic nitrogens is 12. The number of halogens is 1. The van der Waals surface area contributed by atoms with E-state index in [0.717, 1.165) is 27.7 Å². The Bertz CT molecular complexity index is 5420. The van der Waals surface area contributed by atoms with Gasteiger partial charge in [-0.25, -0.2) is 14.4 Å². The predicted octanol–water partition coefficient (Wildman–Crippen LogP) is 14.9. The van der Waals surface area contributed by atoms with Crippen molar-refractivity contribution in [1.29, 1.82) is 0 Å². The molecule has 0 atom stereocenters. The molecule has 0 radical (unpaired) electrons. The number of fused-ring (bicyclic) bond motifs is 4. The van der Waals surface area contributed by atoms with Gasteiger partial charge in [0, 0.05) is 75.2 Å². The number of benzene rings is 8. The molecule has 28 heteroatoms. The van der Waals surface area contributed by atoms with Gasteiger partial charge < -0.3 is 54.2 Å². The maximum absolute atomic E-state index is 11.7. The highest BCUT2D eigenvalue weighted by Crippen LogP contribution is 2.40. The first kappa shape index (κ1) is 81.2. The highest BCUT2D eigenvalue weighted by Gasteiger charge is 2.26. The van der Waals surface area contributed by atoms with Gasteiger partial charge in [-0.3, -0.25) is 4.79 Å². The van der Waals surface area contributed by atoms with Gasteiger partial charge >= 0.3 is 17.9 Å². The minimum Gasteiger partial charge on any atom is -0.506 e. The summed E-state index contributed by atoms with van der Waals surface area (Å²) in [6.07, 6.45) is 2.36. The summed E-state index contributed by atoms with van der Waals surface area (Å²) in [7, 11) is 3.17. The summed E-state index contributed by atoms with van der Waals surface area (Å²) in [5.74, 6) is 0.711. The summed E-state index contributed by atoms with van der Waals surface area (Å²) in [6.45, 7) is 34.0. The molecule has 110 heavy (non-hydrogen) atoms. The molecule has 0 fully saturated rings. The van der Waals surface area contributed by atoms with Gasteiger partial charge in [0.1, 0.15) is 107 Å². The molecule has 0 aliphatic carbocycles. The third-order valence-corrected chi connectivity index (χ3v) is 16.7. The summed E-state index contributed by atoms with van der Waals surface area (Å²) in [6, 6.07) is 40.6. The number of carbonyl (C=O) groups is 4. The van der Waals surface area contributed by atoms with Crippen LogP contribution in [0.1, 0.15) is 104 Å². The first-order valence-electron chi connectivity index (χ1n) is 34.8. The van der Waals surface area contributed by atoms with E-state index in [-0.39, 0.29) is 58.9 Å². The number of phenols is 4. The summed E-state index contributed by atoms with van der Waals surface area (Å²) in [4.78, 5) is 51.7. The minimum absolute atomic E-state index is 0.00408. The van der Waals surface area contributed by atoms with Crippen molar-refractivity contribution in [3.05, 3.63) is 215 Å². The van der Waals surface area contributed by atoms with Crippen LogP contribution in [0.25, 0.3) is 66.9 Å². The predicted molar refractivity (Wildman–Crippen MR) is 421 cm³/mol. The van der Waals surface area contributed by atoms with E-state index in [4.69, 9.17) is 40.0 Å². The molecule has 27 nitrogen and oxygen atoms in total. The van der Waals surface area contributed by atoms with Crippen LogP contribution >= 0.6 is 11.6 Å². The van der Waals surface area contributed by atoms with Gasteiger partial charge in [0.05, 0.1) is 40.6 Å². The number of esters is 3. The largest absolute Gasteiger partial charge is 0.506 e. The average Bonchev–Trinajstić information content (AvgIpc) is 1.11. The fourth-order valence-electron chi connectivity index (χ4n) is 10.5. The molecule has 572 valence electrons. The van der Waals surface area contributed by atoms with Gasteiger partial charge in [-0.1, -0.05) is 104 Å². The molecule has 5 N–H and O–H groups in total. The van der Waals surface area contributed by atoms with Gasteiger partial charge in [-0.2, -0.15) is 0 Å². The maximum Gasteiger partial charge on any atom is 0.333 e. The Kier molecular flexibility index (Phi) is 26.3. The number of aromatic hydroxyl groups is 4. The zero-order chi connectivity index (χ0) is 79.9. The van der Waals surface area contributed by atoms with Crippen molar-refractivity contribution in [2.24, 2.45) is 0 Å². The van der Waals surface area contributed by atoms with Crippen molar-refractivity contribution in [3.63, 3.8) is 0 Å². The van der Waals surface area contributed by atoms with E-state index in [9.17, 15) is 39.6 Å². The summed E-state index contributed by atoms with van der Waals surface area (Å²) in [5.41, 5.74) is 12.0. The van der Waals surface area contributed by atoms with Crippen LogP contribution in [0.3, 0.4) is 0 Å². The molecule has 1 amide bonds. The SMILES string of the molecule is C=C(C)C(=O)Nc1ccc(O)c(-n2nc3ccc(OC)cc3n2)c1.C=C(C)C(=O)OCCCOc1cc(-n2nc3ccc(OC)cc3n2)c(O)c(C(C)(C)C)c1.C=C(C)C(=O)OCCCc1cc(-n2nc3ccc(Cl)cc3n2)c(O)c(C(C)(C)C)c1.C=C(C)C(=O)OCCc1ccc(O)c(-n2nc3ccccc3n2)c1. The van der Waals surface area contributed by atoms with Crippen LogP contribution < -0.4 is 19.5 Å². The fourth-order valence-corrected chi connectivity index (χ4v) is 10.7. The van der Waals surface area contributed by atoms with E-state index in [1.165, 1.54) is 25.3 Å². The molecule has 0 unspecified atom stereocenters. The Labute approximate surface area is 640 Å². The van der Waals surface area contributed by atoms with Crippen LogP contribution in [0.4, 0.5) is 5.69 Å². The Morgan fingerprint density at radius 1 is 0.418 bits per heavy atom. The minimum atomic E-state index is -0.416. The molecule has 0 bridgehead atoms. The number of aryl methyl sites for hydroxylation is 1. The lowest BCUT2D eigenvalue weighted by atomic mass is 9.84. The second-order valence-electron chi connectivity index (χ2n) is 27.7. The van der Waals surface area contributed by atoms with Crippen LogP contribution in [-0.4, -0.2) is 145 Å². The molecule has 0 saturated heterocycles. The van der Waals surface area contributed by atoms with Crippen molar-refractivity contribution in [2.75, 3.05) is 46.0 Å². The second kappa shape index (κ2) is 35.7. The number of nitrogens with one attached hydrogen (secondary N) is 1. The van der Waals surface area contributed by atoms with E-state index < -0.39 is 11.9 Å². The van der Waals surface area contributed by atoms with Crippen molar-refractivity contribution < 1.29 is 68.0 Å². The van der Waals surface area contributed by atoms with Crippen LogP contribution in [0.5, 0.6) is 40.2 Å². The molecular formula is C82H88ClN13O14. The van der Waals surface area contributed by atoms with Crippen LogP contribution in [0.2, 0.25) is 5.02 Å². The normalized spacial score (nSPS) is 11.1. The van der Waals surface area contributed by atoms with Crippen LogP contribution in [0, 0.1) is 0 Å². The number of ether oxygens (including phenoxy) is 6. The third-order valence-electron chi connectivity index (χ3n) is 16.5. The third kappa shape index (κ3) is 21.0. The van der Waals surface area contributed by atoms with Gasteiger partial charge in [-0.15, -0.1) is 60.0 Å². The van der Waals surface area contributed by atoms with Gasteiger partial charge in [0.25, 0.3) is 5.91 Å². The molecule has 8 aromatic carbocycles. The zero-order valence-corrected chi connectivity index (χ0v) is 64.1. The number of carbonyl (C=O) groups excluding carboxylic acids is 4. The maximum atomic E-state index is 11.7. The molecule has 0 saturated carbocycles. The molecular weight excluding hydrogens is 1430 g/mol. The lowest BCUT2D eigenvalue weighted by Crippen LogP contribution is -2.14. The van der Waals surface area contributed by atoms with Crippen molar-refractivity contribution in [2.45, 2.75) is 106 Å². The number of anilines is 1. The number of phenolic OH excluding ortho intramolecular Hbond substituents is 4. The molecule has 12 aromatic rings. The first-order valence-corrected chi connectivity index (χ1v) is 35.2. The highest BCUT2D eigenvalue weighted by atomic mass is 35.5. The van der Waals surface area contributed by atoms with Gasteiger partial charge in [0.2, 0.25) is 0 Å². The topological polar surface area (TPSA) is 339 Å². The number of hydrogen-bond donors (Lipinski definition) is 5. The standard InChI is InChI=1S/C24H29N3O5.C23H26ClN3O3.C18H17N3O3.C17H16N4O3/c1-15(2)23(29)32-11-7-10-31-17-12-18(24(3,4)5)22(28)21(14-17)27-25-19-9-8-16(30-6)13-20(19)26-27;1-14(2)22(29)30-10-6-7-15-11-17(23(3,4)5)21(28)20(12-15)27-25-18-9-8-16(24)13-19(18)26-27;1-12(2)18(23)24-10-9-13-7-8-17(22)16(11-13)21-19-14-5-3-4-6-15(14)20-21;1-10(2)17(23)18-11-4-7-16(22)15(8-11)21-19-13-6-5-12(24-3)9-14(13)20-21/h8-9,12-14,28H,1,7,10-11H2,2-6H3;8-9,11-13,28H,1,6-7,10H2,2-5H3;3-8,11,22H,1,9-10H2,2H3;4-9,22H,1H2,2-3H3,(H,18,23). The number of hydrogen-bond acceptors (Lipinski definition) is 22. The Hall–Kier alpha value is -12.9. The number of methoxy groups -OCH3 is 2. The average molecular weight is 1520 g/mol. The molecule has 12 rings (SSSR count). The van der Waals surface area contributed by atoms with Gasteiger partial charge in [-0.05, 0) is 160 Å².